The number of ether oxygens (including phenoxy) is 1. The van der Waals surface area contributed by atoms with E-state index in [-0.39, 0.29) is 0 Å². The van der Waals surface area contributed by atoms with E-state index in [9.17, 15) is 0 Å². The van der Waals surface area contributed by atoms with Crippen molar-refractivity contribution in [2.24, 2.45) is 0 Å². The minimum Gasteiger partial charge on any atom is -0.486 e. The predicted octanol–water partition coefficient (Wildman–Crippen LogP) is 1.36. The summed E-state index contributed by atoms with van der Waals surface area (Å²) in [4.78, 5) is 11.3. The van der Waals surface area contributed by atoms with Crippen LogP contribution in [0.15, 0.2) is 24.8 Å². The van der Waals surface area contributed by atoms with Crippen molar-refractivity contribution >= 4 is 0 Å². The Morgan fingerprint density at radius 3 is 3.46 bits per heavy atom. The van der Waals surface area contributed by atoms with Crippen LogP contribution < -0.4 is 4.74 Å². The number of hydrogen-bond donors (Lipinski definition) is 1. The number of nitrogens with one attached hydrogen (secondary N) is 1. The highest BCUT2D eigenvalue weighted by molar-refractivity contribution is 5.69. The van der Waals surface area contributed by atoms with E-state index in [1.807, 2.05) is 6.07 Å². The van der Waals surface area contributed by atoms with Gasteiger partial charge in [0.05, 0.1) is 17.6 Å². The second-order valence-corrected chi connectivity index (χ2v) is 2.89. The molecular formula is C9H7N3O. The maximum atomic E-state index is 5.50. The fraction of sp³-hybridized carbons (Fsp3) is 0.111. The van der Waals surface area contributed by atoms with Crippen LogP contribution in [0, 0.1) is 0 Å². The molecule has 1 aliphatic heterocycles. The van der Waals surface area contributed by atoms with Crippen molar-refractivity contribution in [3.05, 3.63) is 30.5 Å². The van der Waals surface area contributed by atoms with Crippen LogP contribution in [0.3, 0.4) is 0 Å². The first kappa shape index (κ1) is 6.65. The number of rotatable bonds is 0. The van der Waals surface area contributed by atoms with Gasteiger partial charge in [0.1, 0.15) is 18.1 Å². The number of aromatic amines is 1. The SMILES string of the molecule is c1cc2c(cn1)-c1nc[nH]c1CO2. The van der Waals surface area contributed by atoms with Crippen molar-refractivity contribution in [1.82, 2.24) is 15.0 Å². The zero-order valence-corrected chi connectivity index (χ0v) is 6.82. The summed E-state index contributed by atoms with van der Waals surface area (Å²) in [7, 11) is 0. The molecule has 2 aromatic heterocycles. The van der Waals surface area contributed by atoms with Crippen molar-refractivity contribution in [1.29, 1.82) is 0 Å². The third-order valence-corrected chi connectivity index (χ3v) is 2.13. The fourth-order valence-electron chi connectivity index (χ4n) is 1.50. The Labute approximate surface area is 74.6 Å². The molecule has 4 nitrogen and oxygen atoms in total. The number of H-pyrrole nitrogens is 1. The van der Waals surface area contributed by atoms with Gasteiger partial charge in [-0.3, -0.25) is 4.98 Å². The second-order valence-electron chi connectivity index (χ2n) is 2.89. The molecule has 0 aliphatic carbocycles. The molecule has 3 heterocycles. The Morgan fingerprint density at radius 2 is 2.46 bits per heavy atom. The van der Waals surface area contributed by atoms with Gasteiger partial charge in [-0.2, -0.15) is 0 Å². The van der Waals surface area contributed by atoms with Gasteiger partial charge in [-0.1, -0.05) is 0 Å². The number of hydrogen-bond acceptors (Lipinski definition) is 3. The van der Waals surface area contributed by atoms with Gasteiger partial charge in [0.2, 0.25) is 0 Å². The van der Waals surface area contributed by atoms with Crippen LogP contribution in [0.25, 0.3) is 11.3 Å². The Kier molecular flexibility index (Phi) is 1.19. The zero-order valence-electron chi connectivity index (χ0n) is 6.82. The molecule has 0 spiro atoms. The molecule has 13 heavy (non-hydrogen) atoms. The maximum Gasteiger partial charge on any atom is 0.132 e. The Bertz CT molecular complexity index is 450. The lowest BCUT2D eigenvalue weighted by Gasteiger charge is -2.15. The minimum absolute atomic E-state index is 0.562. The molecule has 0 bridgehead atoms. The second kappa shape index (κ2) is 2.32. The summed E-state index contributed by atoms with van der Waals surface area (Å²) in [5, 5.41) is 0. The molecule has 0 saturated carbocycles. The van der Waals surface area contributed by atoms with E-state index in [0.29, 0.717) is 6.61 Å². The molecule has 4 heteroatoms. The quantitative estimate of drug-likeness (QED) is 0.654. The van der Waals surface area contributed by atoms with Crippen molar-refractivity contribution in [3.63, 3.8) is 0 Å². The minimum atomic E-state index is 0.562. The number of imidazole rings is 1. The van der Waals surface area contributed by atoms with Crippen LogP contribution >= 0.6 is 0 Å². The van der Waals surface area contributed by atoms with Gasteiger partial charge in [-0.05, 0) is 6.07 Å². The third kappa shape index (κ3) is 0.853. The summed E-state index contributed by atoms with van der Waals surface area (Å²) in [6.07, 6.45) is 5.17. The molecular weight excluding hydrogens is 166 g/mol. The topological polar surface area (TPSA) is 50.8 Å². The van der Waals surface area contributed by atoms with E-state index >= 15 is 0 Å². The summed E-state index contributed by atoms with van der Waals surface area (Å²) in [5.41, 5.74) is 2.93. The smallest absolute Gasteiger partial charge is 0.132 e. The van der Waals surface area contributed by atoms with Gasteiger partial charge >= 0.3 is 0 Å². The first-order valence-corrected chi connectivity index (χ1v) is 4.04. The van der Waals surface area contributed by atoms with Gasteiger partial charge < -0.3 is 9.72 Å². The molecule has 0 amide bonds. The lowest BCUT2D eigenvalue weighted by atomic mass is 10.1. The zero-order chi connectivity index (χ0) is 8.67. The van der Waals surface area contributed by atoms with Crippen molar-refractivity contribution < 1.29 is 4.74 Å². The van der Waals surface area contributed by atoms with Gasteiger partial charge in [-0.25, -0.2) is 4.98 Å². The maximum absolute atomic E-state index is 5.50. The highest BCUT2D eigenvalue weighted by Gasteiger charge is 2.18. The predicted molar refractivity (Wildman–Crippen MR) is 46.2 cm³/mol. The van der Waals surface area contributed by atoms with Gasteiger partial charge in [-0.15, -0.1) is 0 Å². The van der Waals surface area contributed by atoms with Gasteiger partial charge in [0.15, 0.2) is 0 Å². The molecule has 1 N–H and O–H groups in total. The van der Waals surface area contributed by atoms with Crippen LogP contribution in [-0.2, 0) is 6.61 Å². The fourth-order valence-corrected chi connectivity index (χ4v) is 1.50. The van der Waals surface area contributed by atoms with Gasteiger partial charge in [0.25, 0.3) is 0 Å². The highest BCUT2D eigenvalue weighted by atomic mass is 16.5. The molecule has 0 radical (unpaired) electrons. The van der Waals surface area contributed by atoms with Crippen molar-refractivity contribution in [3.8, 4) is 17.0 Å². The number of pyridine rings is 1. The van der Waals surface area contributed by atoms with Gasteiger partial charge in [0, 0.05) is 12.4 Å². The van der Waals surface area contributed by atoms with E-state index in [1.165, 1.54) is 0 Å². The Morgan fingerprint density at radius 1 is 1.46 bits per heavy atom. The summed E-state index contributed by atoms with van der Waals surface area (Å²) < 4.78 is 5.50. The highest BCUT2D eigenvalue weighted by Crippen LogP contribution is 2.33. The van der Waals surface area contributed by atoms with Crippen LogP contribution in [0.1, 0.15) is 5.69 Å². The largest absolute Gasteiger partial charge is 0.486 e. The Balaban J connectivity index is 2.30. The molecule has 0 atom stereocenters. The summed E-state index contributed by atoms with van der Waals surface area (Å²) in [6.45, 7) is 0.562. The number of nitrogens with zero attached hydrogens (tertiary/aromatic N) is 2. The summed E-state index contributed by atoms with van der Waals surface area (Å²) in [5.74, 6) is 0.856. The van der Waals surface area contributed by atoms with Crippen molar-refractivity contribution in [2.75, 3.05) is 0 Å². The molecule has 64 valence electrons. The van der Waals surface area contributed by atoms with E-state index in [4.69, 9.17) is 4.74 Å². The average Bonchev–Trinajstić information content (AvgIpc) is 2.65. The van der Waals surface area contributed by atoms with Crippen LogP contribution in [0.2, 0.25) is 0 Å². The molecule has 3 rings (SSSR count). The first-order chi connectivity index (χ1) is 6.45. The van der Waals surface area contributed by atoms with Crippen LogP contribution in [-0.4, -0.2) is 15.0 Å². The molecule has 0 aromatic carbocycles. The molecule has 1 aliphatic rings. The molecule has 0 unspecified atom stereocenters. The van der Waals surface area contributed by atoms with E-state index < -0.39 is 0 Å². The van der Waals surface area contributed by atoms with Crippen LogP contribution in [0.5, 0.6) is 5.75 Å². The molecule has 2 aromatic rings. The normalized spacial score (nSPS) is 12.9. The lowest BCUT2D eigenvalue weighted by molar-refractivity contribution is 0.297. The standard InChI is InChI=1S/C9H7N3O/c1-2-10-3-6-8(1)13-4-7-9(6)12-5-11-7/h1-3,5H,4H2,(H,11,12). The van der Waals surface area contributed by atoms with E-state index in [1.54, 1.807) is 18.7 Å². The molecule has 0 fully saturated rings. The average molecular weight is 173 g/mol. The monoisotopic (exact) mass is 173 g/mol. The Hall–Kier alpha value is -1.84. The van der Waals surface area contributed by atoms with Crippen LogP contribution in [0.4, 0.5) is 0 Å². The first-order valence-electron chi connectivity index (χ1n) is 4.04. The van der Waals surface area contributed by atoms with Crippen molar-refractivity contribution in [2.45, 2.75) is 6.61 Å². The number of aromatic nitrogens is 3. The summed E-state index contributed by atoms with van der Waals surface area (Å²) >= 11 is 0. The summed E-state index contributed by atoms with van der Waals surface area (Å²) in [6, 6.07) is 1.85. The third-order valence-electron chi connectivity index (χ3n) is 2.13. The van der Waals surface area contributed by atoms with E-state index in [2.05, 4.69) is 15.0 Å². The molecule has 0 saturated heterocycles. The lowest BCUT2D eigenvalue weighted by Crippen LogP contribution is -2.05. The number of fused-ring (bicyclic) bond motifs is 3. The van der Waals surface area contributed by atoms with E-state index in [0.717, 1.165) is 22.7 Å².